The Balaban J connectivity index is 1.91. The average Bonchev–Trinajstić information content (AvgIpc) is 2.69. The Morgan fingerprint density at radius 2 is 1.69 bits per heavy atom. The summed E-state index contributed by atoms with van der Waals surface area (Å²) in [5.74, 6) is 0. The second-order valence-electron chi connectivity index (χ2n) is 5.95. The molecule has 26 heavy (non-hydrogen) atoms. The van der Waals surface area contributed by atoms with E-state index >= 15 is 0 Å². The molecule has 124 valence electrons. The molecule has 2 heterocycles. The molecule has 0 amide bonds. The smallest absolute Gasteiger partial charge is 0.267 e. The van der Waals surface area contributed by atoms with Crippen LogP contribution in [0.5, 0.6) is 0 Å². The first kappa shape index (κ1) is 15.7. The maximum Gasteiger partial charge on any atom is 0.275 e. The van der Waals surface area contributed by atoms with Crippen molar-refractivity contribution in [3.63, 3.8) is 0 Å². The highest BCUT2D eigenvalue weighted by Gasteiger charge is 2.10. The van der Waals surface area contributed by atoms with Crippen LogP contribution in [0.15, 0.2) is 71.5 Å². The summed E-state index contributed by atoms with van der Waals surface area (Å²) in [4.78, 5) is 17.1. The van der Waals surface area contributed by atoms with Gasteiger partial charge in [-0.2, -0.15) is 14.9 Å². The van der Waals surface area contributed by atoms with Crippen LogP contribution < -0.4 is 5.56 Å². The number of aromatic nitrogens is 3. The van der Waals surface area contributed by atoms with Crippen molar-refractivity contribution in [3.05, 3.63) is 88.3 Å². The Labute approximate surface area is 149 Å². The minimum absolute atomic E-state index is 0.239. The van der Waals surface area contributed by atoms with Gasteiger partial charge in [-0.3, -0.25) is 4.79 Å². The van der Waals surface area contributed by atoms with Crippen LogP contribution in [0.1, 0.15) is 11.3 Å². The molecule has 0 aliphatic heterocycles. The van der Waals surface area contributed by atoms with E-state index < -0.39 is 0 Å². The van der Waals surface area contributed by atoms with E-state index in [0.717, 1.165) is 22.4 Å². The van der Waals surface area contributed by atoms with Crippen LogP contribution in [0.4, 0.5) is 0 Å². The lowest BCUT2D eigenvalue weighted by Gasteiger charge is -2.09. The Hall–Kier alpha value is -3.78. The molecule has 0 saturated heterocycles. The molecule has 5 heteroatoms. The lowest BCUT2D eigenvalue weighted by Crippen LogP contribution is -2.18. The molecule has 0 radical (unpaired) electrons. The second-order valence-corrected chi connectivity index (χ2v) is 5.95. The zero-order valence-electron chi connectivity index (χ0n) is 14.0. The van der Waals surface area contributed by atoms with Gasteiger partial charge in [-0.25, -0.2) is 4.98 Å². The molecular weight excluding hydrogens is 324 g/mol. The van der Waals surface area contributed by atoms with E-state index in [1.807, 2.05) is 43.3 Å². The third-order valence-electron chi connectivity index (χ3n) is 4.23. The van der Waals surface area contributed by atoms with Gasteiger partial charge in [0.05, 0.1) is 23.0 Å². The Morgan fingerprint density at radius 1 is 0.962 bits per heavy atom. The summed E-state index contributed by atoms with van der Waals surface area (Å²) in [6, 6.07) is 22.3. The SMILES string of the molecule is Cc1nn2c(=O)cc(-c3ccc(C#N)cc3)nc2cc1-c1ccccc1. The van der Waals surface area contributed by atoms with Crippen molar-refractivity contribution in [2.45, 2.75) is 6.92 Å². The van der Waals surface area contributed by atoms with Crippen molar-refractivity contribution >= 4 is 5.65 Å². The average molecular weight is 338 g/mol. The fourth-order valence-corrected chi connectivity index (χ4v) is 2.90. The van der Waals surface area contributed by atoms with Gasteiger partial charge in [-0.1, -0.05) is 42.5 Å². The summed E-state index contributed by atoms with van der Waals surface area (Å²) < 4.78 is 1.31. The van der Waals surface area contributed by atoms with Crippen molar-refractivity contribution in [3.8, 4) is 28.5 Å². The fraction of sp³-hybridized carbons (Fsp3) is 0.0476. The third-order valence-corrected chi connectivity index (χ3v) is 4.23. The minimum atomic E-state index is -0.239. The highest BCUT2D eigenvalue weighted by Crippen LogP contribution is 2.23. The molecule has 0 aliphatic carbocycles. The third kappa shape index (κ3) is 2.74. The van der Waals surface area contributed by atoms with Crippen LogP contribution in [-0.2, 0) is 0 Å². The quantitative estimate of drug-likeness (QED) is 0.560. The van der Waals surface area contributed by atoms with Gasteiger partial charge in [0.2, 0.25) is 0 Å². The molecule has 0 spiro atoms. The predicted octanol–water partition coefficient (Wildman–Crippen LogP) is 3.60. The van der Waals surface area contributed by atoms with Gasteiger partial charge in [0.15, 0.2) is 5.65 Å². The Morgan fingerprint density at radius 3 is 2.38 bits per heavy atom. The van der Waals surface area contributed by atoms with E-state index in [-0.39, 0.29) is 5.56 Å². The van der Waals surface area contributed by atoms with Gasteiger partial charge in [0.25, 0.3) is 5.56 Å². The second kappa shape index (κ2) is 6.26. The zero-order valence-corrected chi connectivity index (χ0v) is 14.0. The number of benzene rings is 2. The number of hydrogen-bond acceptors (Lipinski definition) is 4. The molecule has 0 N–H and O–H groups in total. The number of rotatable bonds is 2. The first-order valence-electron chi connectivity index (χ1n) is 8.13. The van der Waals surface area contributed by atoms with E-state index in [1.54, 1.807) is 24.3 Å². The normalized spacial score (nSPS) is 10.6. The first-order chi connectivity index (χ1) is 12.7. The van der Waals surface area contributed by atoms with Crippen molar-refractivity contribution < 1.29 is 0 Å². The van der Waals surface area contributed by atoms with Crippen LogP contribution in [0.2, 0.25) is 0 Å². The molecule has 0 aliphatic rings. The van der Waals surface area contributed by atoms with Gasteiger partial charge < -0.3 is 0 Å². The van der Waals surface area contributed by atoms with Gasteiger partial charge in [0.1, 0.15) is 0 Å². The van der Waals surface area contributed by atoms with Crippen LogP contribution in [0.25, 0.3) is 28.0 Å². The lowest BCUT2D eigenvalue weighted by atomic mass is 10.1. The van der Waals surface area contributed by atoms with Crippen molar-refractivity contribution in [2.24, 2.45) is 0 Å². The summed E-state index contributed by atoms with van der Waals surface area (Å²) in [6.07, 6.45) is 0. The van der Waals surface area contributed by atoms with Crippen molar-refractivity contribution in [2.75, 3.05) is 0 Å². The van der Waals surface area contributed by atoms with Crippen LogP contribution in [0, 0.1) is 18.3 Å². The summed E-state index contributed by atoms with van der Waals surface area (Å²) in [5, 5.41) is 13.3. The largest absolute Gasteiger partial charge is 0.275 e. The van der Waals surface area contributed by atoms with E-state index in [1.165, 1.54) is 10.6 Å². The Kier molecular flexibility index (Phi) is 3.79. The molecule has 0 saturated carbocycles. The molecule has 4 aromatic rings. The van der Waals surface area contributed by atoms with E-state index in [2.05, 4.69) is 16.2 Å². The molecule has 0 atom stereocenters. The molecule has 0 fully saturated rings. The number of nitrogens with zero attached hydrogens (tertiary/aromatic N) is 4. The van der Waals surface area contributed by atoms with E-state index in [9.17, 15) is 4.79 Å². The highest BCUT2D eigenvalue weighted by atomic mass is 16.1. The van der Waals surface area contributed by atoms with E-state index in [4.69, 9.17) is 5.26 Å². The fourth-order valence-electron chi connectivity index (χ4n) is 2.90. The molecule has 4 rings (SSSR count). The topological polar surface area (TPSA) is 71.1 Å². The monoisotopic (exact) mass is 338 g/mol. The van der Waals surface area contributed by atoms with Gasteiger partial charge in [0, 0.05) is 17.2 Å². The zero-order chi connectivity index (χ0) is 18.1. The maximum atomic E-state index is 12.5. The number of nitriles is 1. The molecule has 5 nitrogen and oxygen atoms in total. The molecule has 2 aromatic carbocycles. The standard InChI is InChI=1S/C21H14N4O/c1-14-18(16-5-3-2-4-6-16)11-20-23-19(12-21(26)25(20)24-14)17-9-7-15(13-22)8-10-17/h2-12H,1H3. The highest BCUT2D eigenvalue weighted by molar-refractivity contribution is 5.70. The Bertz CT molecular complexity index is 1200. The number of hydrogen-bond donors (Lipinski definition) is 0. The van der Waals surface area contributed by atoms with Gasteiger partial charge >= 0.3 is 0 Å². The molecule has 0 bridgehead atoms. The van der Waals surface area contributed by atoms with Crippen LogP contribution in [-0.4, -0.2) is 14.6 Å². The summed E-state index contributed by atoms with van der Waals surface area (Å²) in [7, 11) is 0. The molecule has 0 unspecified atom stereocenters. The van der Waals surface area contributed by atoms with Crippen molar-refractivity contribution in [1.29, 1.82) is 5.26 Å². The van der Waals surface area contributed by atoms with Crippen LogP contribution >= 0.6 is 0 Å². The minimum Gasteiger partial charge on any atom is -0.267 e. The maximum absolute atomic E-state index is 12.5. The number of aryl methyl sites for hydroxylation is 1. The molecule has 2 aromatic heterocycles. The van der Waals surface area contributed by atoms with Crippen LogP contribution in [0.3, 0.4) is 0 Å². The summed E-state index contributed by atoms with van der Waals surface area (Å²) in [6.45, 7) is 1.88. The van der Waals surface area contributed by atoms with E-state index in [0.29, 0.717) is 16.9 Å². The summed E-state index contributed by atoms with van der Waals surface area (Å²) in [5.41, 5.74) is 4.88. The predicted molar refractivity (Wildman–Crippen MR) is 99.6 cm³/mol. The summed E-state index contributed by atoms with van der Waals surface area (Å²) >= 11 is 0. The lowest BCUT2D eigenvalue weighted by molar-refractivity contribution is 0.845. The van der Waals surface area contributed by atoms with Crippen molar-refractivity contribution in [1.82, 2.24) is 14.6 Å². The van der Waals surface area contributed by atoms with Gasteiger partial charge in [-0.15, -0.1) is 0 Å². The first-order valence-corrected chi connectivity index (χ1v) is 8.13. The number of fused-ring (bicyclic) bond motifs is 1. The molecular formula is C21H14N4O. The van der Waals surface area contributed by atoms with Gasteiger partial charge in [-0.05, 0) is 30.7 Å².